The van der Waals surface area contributed by atoms with E-state index in [0.29, 0.717) is 31.5 Å². The molecule has 0 aliphatic carbocycles. The van der Waals surface area contributed by atoms with Crippen LogP contribution in [-0.4, -0.2) is 74.2 Å². The standard InChI is InChI=1S/C13H21NO8/c15-4-6-20-8-10-21-9-7-19-5-3-13(18)22-14-11(16)1-2-12(14)17/h15H,1-10H2. The molecule has 0 aromatic heterocycles. The predicted molar refractivity (Wildman–Crippen MR) is 71.3 cm³/mol. The molecule has 0 aromatic rings. The van der Waals surface area contributed by atoms with Gasteiger partial charge < -0.3 is 24.2 Å². The minimum absolute atomic E-state index is 0.0200. The Kier molecular flexibility index (Phi) is 9.31. The third kappa shape index (κ3) is 7.46. The highest BCUT2D eigenvalue weighted by Crippen LogP contribution is 2.12. The lowest BCUT2D eigenvalue weighted by Gasteiger charge is -2.12. The van der Waals surface area contributed by atoms with Crippen molar-refractivity contribution in [1.29, 1.82) is 0 Å². The van der Waals surface area contributed by atoms with Gasteiger partial charge in [-0.25, -0.2) is 4.79 Å². The van der Waals surface area contributed by atoms with E-state index in [4.69, 9.17) is 19.3 Å². The first-order chi connectivity index (χ1) is 10.6. The molecule has 0 bridgehead atoms. The summed E-state index contributed by atoms with van der Waals surface area (Å²) >= 11 is 0. The van der Waals surface area contributed by atoms with Gasteiger partial charge in [0.15, 0.2) is 0 Å². The quantitative estimate of drug-likeness (QED) is 0.361. The number of hydrogen-bond donors (Lipinski definition) is 1. The highest BCUT2D eigenvalue weighted by atomic mass is 16.7. The molecule has 0 spiro atoms. The molecule has 0 unspecified atom stereocenters. The first kappa shape index (κ1) is 18.5. The number of carbonyl (C=O) groups excluding carboxylic acids is 3. The van der Waals surface area contributed by atoms with Crippen molar-refractivity contribution >= 4 is 17.8 Å². The van der Waals surface area contributed by atoms with Gasteiger partial charge in [-0.1, -0.05) is 0 Å². The van der Waals surface area contributed by atoms with E-state index < -0.39 is 17.8 Å². The topological polar surface area (TPSA) is 112 Å². The minimum atomic E-state index is -0.693. The summed E-state index contributed by atoms with van der Waals surface area (Å²) in [5, 5.41) is 8.98. The number of aliphatic hydroxyl groups is 1. The number of carbonyl (C=O) groups is 3. The first-order valence-electron chi connectivity index (χ1n) is 7.06. The van der Waals surface area contributed by atoms with E-state index in [1.165, 1.54) is 0 Å². The van der Waals surface area contributed by atoms with Crippen LogP contribution in [0.25, 0.3) is 0 Å². The maximum Gasteiger partial charge on any atom is 0.335 e. The number of imide groups is 1. The summed E-state index contributed by atoms with van der Waals surface area (Å²) in [6.45, 7) is 1.81. The Labute approximate surface area is 128 Å². The van der Waals surface area contributed by atoms with Gasteiger partial charge in [-0.3, -0.25) is 9.59 Å². The van der Waals surface area contributed by atoms with Gasteiger partial charge in [0.25, 0.3) is 11.8 Å². The Morgan fingerprint density at radius 3 is 1.95 bits per heavy atom. The summed E-state index contributed by atoms with van der Waals surface area (Å²) in [6, 6.07) is 0. The monoisotopic (exact) mass is 319 g/mol. The van der Waals surface area contributed by atoms with Crippen LogP contribution in [0.5, 0.6) is 0 Å². The molecule has 1 heterocycles. The summed E-state index contributed by atoms with van der Waals surface area (Å²) < 4.78 is 15.3. The van der Waals surface area contributed by atoms with Crippen molar-refractivity contribution in [3.05, 3.63) is 0 Å². The van der Waals surface area contributed by atoms with Gasteiger partial charge in [0.1, 0.15) is 0 Å². The second-order valence-electron chi connectivity index (χ2n) is 4.36. The first-order valence-corrected chi connectivity index (χ1v) is 7.06. The van der Waals surface area contributed by atoms with E-state index >= 15 is 0 Å². The molecule has 0 radical (unpaired) electrons. The van der Waals surface area contributed by atoms with Gasteiger partial charge >= 0.3 is 5.97 Å². The van der Waals surface area contributed by atoms with Crippen LogP contribution in [-0.2, 0) is 33.4 Å². The molecule has 1 aliphatic rings. The fourth-order valence-corrected chi connectivity index (χ4v) is 1.57. The van der Waals surface area contributed by atoms with Gasteiger partial charge in [0.2, 0.25) is 0 Å². The zero-order valence-electron chi connectivity index (χ0n) is 12.3. The lowest BCUT2D eigenvalue weighted by atomic mass is 10.4. The number of ether oxygens (including phenoxy) is 3. The van der Waals surface area contributed by atoms with E-state index in [0.717, 1.165) is 0 Å². The van der Waals surface area contributed by atoms with Crippen LogP contribution in [0.4, 0.5) is 0 Å². The molecule has 126 valence electrons. The van der Waals surface area contributed by atoms with E-state index in [9.17, 15) is 14.4 Å². The third-order valence-electron chi connectivity index (χ3n) is 2.63. The second kappa shape index (κ2) is 11.1. The van der Waals surface area contributed by atoms with Crippen molar-refractivity contribution in [2.75, 3.05) is 46.2 Å². The van der Waals surface area contributed by atoms with Crippen LogP contribution in [0, 0.1) is 0 Å². The SMILES string of the molecule is O=C(CCOCCOCCOCCO)ON1C(=O)CCC1=O. The molecule has 1 N–H and O–H groups in total. The van der Waals surface area contributed by atoms with Crippen molar-refractivity contribution < 1.29 is 38.5 Å². The number of rotatable bonds is 12. The fourth-order valence-electron chi connectivity index (χ4n) is 1.57. The summed E-state index contributed by atoms with van der Waals surface area (Å²) in [4.78, 5) is 38.5. The average Bonchev–Trinajstić information content (AvgIpc) is 2.81. The van der Waals surface area contributed by atoms with Gasteiger partial charge in [-0.15, -0.1) is 5.06 Å². The molecule has 1 rings (SSSR count). The molecule has 1 saturated heterocycles. The van der Waals surface area contributed by atoms with E-state index in [1.807, 2.05) is 0 Å². The molecule has 1 fully saturated rings. The fraction of sp³-hybridized carbons (Fsp3) is 0.769. The van der Waals surface area contributed by atoms with Crippen LogP contribution in [0.15, 0.2) is 0 Å². The van der Waals surface area contributed by atoms with Crippen LogP contribution in [0.1, 0.15) is 19.3 Å². The average molecular weight is 319 g/mol. The van der Waals surface area contributed by atoms with Gasteiger partial charge in [0.05, 0.1) is 52.7 Å². The van der Waals surface area contributed by atoms with Gasteiger partial charge in [-0.2, -0.15) is 0 Å². The Balaban J connectivity index is 1.93. The predicted octanol–water partition coefficient (Wildman–Crippen LogP) is -0.974. The van der Waals surface area contributed by atoms with Crippen LogP contribution in [0.3, 0.4) is 0 Å². The van der Waals surface area contributed by atoms with Crippen molar-refractivity contribution in [3.8, 4) is 0 Å². The third-order valence-corrected chi connectivity index (χ3v) is 2.63. The molecule has 1 aliphatic heterocycles. The largest absolute Gasteiger partial charge is 0.394 e. The molecule has 22 heavy (non-hydrogen) atoms. The van der Waals surface area contributed by atoms with Gasteiger partial charge in [-0.05, 0) is 0 Å². The molecular formula is C13H21NO8. The van der Waals surface area contributed by atoms with Crippen molar-refractivity contribution in [2.24, 2.45) is 0 Å². The second-order valence-corrected chi connectivity index (χ2v) is 4.36. The molecule has 0 aromatic carbocycles. The van der Waals surface area contributed by atoms with Crippen molar-refractivity contribution in [2.45, 2.75) is 19.3 Å². The zero-order valence-corrected chi connectivity index (χ0v) is 12.3. The Morgan fingerprint density at radius 2 is 1.41 bits per heavy atom. The van der Waals surface area contributed by atoms with Crippen molar-refractivity contribution in [3.63, 3.8) is 0 Å². The lowest BCUT2D eigenvalue weighted by molar-refractivity contribution is -0.198. The van der Waals surface area contributed by atoms with E-state index in [-0.39, 0.29) is 39.1 Å². The summed E-state index contributed by atoms with van der Waals surface area (Å²) in [6.07, 6.45) is 0.0839. The normalized spacial score (nSPS) is 14.7. The Morgan fingerprint density at radius 1 is 0.909 bits per heavy atom. The number of amides is 2. The number of hydrogen-bond acceptors (Lipinski definition) is 8. The number of hydroxylamine groups is 2. The Bertz CT molecular complexity index is 357. The molecule has 2 amide bonds. The molecule has 0 atom stereocenters. The van der Waals surface area contributed by atoms with E-state index in [1.54, 1.807) is 0 Å². The molecule has 9 nitrogen and oxygen atoms in total. The lowest BCUT2D eigenvalue weighted by Crippen LogP contribution is -2.32. The van der Waals surface area contributed by atoms with Crippen LogP contribution in [0.2, 0.25) is 0 Å². The number of nitrogens with zero attached hydrogens (tertiary/aromatic N) is 1. The maximum absolute atomic E-state index is 11.4. The minimum Gasteiger partial charge on any atom is -0.394 e. The van der Waals surface area contributed by atoms with Crippen molar-refractivity contribution in [1.82, 2.24) is 5.06 Å². The summed E-state index contributed by atoms with van der Waals surface area (Å²) in [5.41, 5.74) is 0. The number of aliphatic hydroxyl groups excluding tert-OH is 1. The Hall–Kier alpha value is -1.55. The maximum atomic E-state index is 11.4. The van der Waals surface area contributed by atoms with Crippen LogP contribution < -0.4 is 0 Å². The highest BCUT2D eigenvalue weighted by molar-refractivity contribution is 6.01. The van der Waals surface area contributed by atoms with E-state index in [2.05, 4.69) is 4.84 Å². The zero-order chi connectivity index (χ0) is 16.2. The summed E-state index contributed by atoms with van der Waals surface area (Å²) in [5.74, 6) is -1.70. The smallest absolute Gasteiger partial charge is 0.335 e. The van der Waals surface area contributed by atoms with Crippen LogP contribution >= 0.6 is 0 Å². The molecule has 0 saturated carbocycles. The van der Waals surface area contributed by atoms with Gasteiger partial charge in [0, 0.05) is 12.8 Å². The molecular weight excluding hydrogens is 298 g/mol. The highest BCUT2D eigenvalue weighted by Gasteiger charge is 2.32. The summed E-state index contributed by atoms with van der Waals surface area (Å²) in [7, 11) is 0. The molecule has 9 heteroatoms.